The number of thiazole rings is 1. The van der Waals surface area contributed by atoms with Gasteiger partial charge in [-0.05, 0) is 25.7 Å². The molecule has 0 fully saturated rings. The van der Waals surface area contributed by atoms with Gasteiger partial charge in [0.05, 0.1) is 17.8 Å². The Morgan fingerprint density at radius 3 is 2.67 bits per heavy atom. The van der Waals surface area contributed by atoms with E-state index in [1.54, 1.807) is 0 Å². The van der Waals surface area contributed by atoms with Crippen LogP contribution >= 0.6 is 11.3 Å². The monoisotopic (exact) mass is 312 g/mol. The summed E-state index contributed by atoms with van der Waals surface area (Å²) in [6.07, 6.45) is 2.77. The number of ether oxygens (including phenoxy) is 1. The van der Waals surface area contributed by atoms with Crippen LogP contribution in [0.25, 0.3) is 0 Å². The zero-order valence-corrected chi connectivity index (χ0v) is 14.0. The number of carbonyl (C=O) groups excluding carboxylic acids is 2. The summed E-state index contributed by atoms with van der Waals surface area (Å²) >= 11 is 1.47. The Hall–Kier alpha value is -1.43. The summed E-state index contributed by atoms with van der Waals surface area (Å²) in [6.45, 7) is 6.70. The first-order chi connectivity index (χ1) is 9.93. The molecule has 1 amide bonds. The lowest BCUT2D eigenvalue weighted by molar-refractivity contribution is -0.140. The number of aryl methyl sites for hydroxylation is 1. The number of rotatable bonds is 8. The predicted molar refractivity (Wildman–Crippen MR) is 83.6 cm³/mol. The van der Waals surface area contributed by atoms with Crippen LogP contribution in [0.2, 0.25) is 0 Å². The zero-order valence-electron chi connectivity index (χ0n) is 13.2. The van der Waals surface area contributed by atoms with Crippen LogP contribution in [0.15, 0.2) is 0 Å². The van der Waals surface area contributed by atoms with Crippen LogP contribution in [0, 0.1) is 12.8 Å². The van der Waals surface area contributed by atoms with Crippen molar-refractivity contribution in [2.45, 2.75) is 46.5 Å². The van der Waals surface area contributed by atoms with Gasteiger partial charge in [0.15, 0.2) is 0 Å². The number of unbranched alkanes of at least 4 members (excludes halogenated alkanes) is 1. The molecule has 0 aliphatic carbocycles. The van der Waals surface area contributed by atoms with Crippen molar-refractivity contribution in [3.8, 4) is 0 Å². The fraction of sp³-hybridized carbons (Fsp3) is 0.667. The van der Waals surface area contributed by atoms with Crippen molar-refractivity contribution in [2.75, 3.05) is 13.7 Å². The molecule has 0 aliphatic rings. The van der Waals surface area contributed by atoms with Gasteiger partial charge in [0.2, 0.25) is 0 Å². The Balaban J connectivity index is 2.38. The van der Waals surface area contributed by atoms with Crippen LogP contribution in [0.5, 0.6) is 0 Å². The molecule has 0 bridgehead atoms. The van der Waals surface area contributed by atoms with Crippen LogP contribution in [0.3, 0.4) is 0 Å². The fourth-order valence-electron chi connectivity index (χ4n) is 1.88. The minimum absolute atomic E-state index is 0.0712. The first-order valence-corrected chi connectivity index (χ1v) is 8.07. The van der Waals surface area contributed by atoms with Gasteiger partial charge in [-0.25, -0.2) is 4.98 Å². The van der Waals surface area contributed by atoms with E-state index in [2.05, 4.69) is 28.9 Å². The first-order valence-electron chi connectivity index (χ1n) is 7.25. The van der Waals surface area contributed by atoms with Gasteiger partial charge in [0.25, 0.3) is 5.91 Å². The third kappa shape index (κ3) is 6.25. The summed E-state index contributed by atoms with van der Waals surface area (Å²) < 4.78 is 4.56. The number of aromatic nitrogens is 1. The first kappa shape index (κ1) is 17.6. The third-order valence-corrected chi connectivity index (χ3v) is 4.13. The lowest BCUT2D eigenvalue weighted by Crippen LogP contribution is -2.24. The van der Waals surface area contributed by atoms with Crippen LogP contribution in [0.1, 0.15) is 53.5 Å². The highest BCUT2D eigenvalue weighted by molar-refractivity contribution is 7.13. The Morgan fingerprint density at radius 1 is 1.33 bits per heavy atom. The number of carbonyl (C=O) groups is 2. The molecule has 0 spiro atoms. The number of hydrogen-bond acceptors (Lipinski definition) is 5. The number of amides is 1. The average Bonchev–Trinajstić information content (AvgIpc) is 2.77. The van der Waals surface area contributed by atoms with E-state index in [4.69, 9.17) is 0 Å². The Morgan fingerprint density at radius 2 is 2.05 bits per heavy atom. The minimum atomic E-state index is -0.210. The quantitative estimate of drug-likeness (QED) is 0.592. The van der Waals surface area contributed by atoms with Crippen molar-refractivity contribution < 1.29 is 14.3 Å². The van der Waals surface area contributed by atoms with Crippen molar-refractivity contribution in [2.24, 2.45) is 5.92 Å². The molecule has 0 unspecified atom stereocenters. The van der Waals surface area contributed by atoms with E-state index >= 15 is 0 Å². The normalized spacial score (nSPS) is 10.7. The van der Waals surface area contributed by atoms with E-state index in [0.29, 0.717) is 30.2 Å². The summed E-state index contributed by atoms with van der Waals surface area (Å²) in [5.74, 6) is 0.251. The lowest BCUT2D eigenvalue weighted by atomic mass is 10.1. The second kappa shape index (κ2) is 8.77. The second-order valence-corrected chi connectivity index (χ2v) is 6.49. The zero-order chi connectivity index (χ0) is 15.8. The van der Waals surface area contributed by atoms with Gasteiger partial charge in [0, 0.05) is 19.4 Å². The number of nitrogens with zero attached hydrogens (tertiary/aromatic N) is 1. The second-order valence-electron chi connectivity index (χ2n) is 5.41. The maximum Gasteiger partial charge on any atom is 0.305 e. The van der Waals surface area contributed by atoms with Crippen molar-refractivity contribution in [1.29, 1.82) is 0 Å². The molecule has 118 valence electrons. The van der Waals surface area contributed by atoms with Gasteiger partial charge in [-0.15, -0.1) is 11.3 Å². The van der Waals surface area contributed by atoms with Crippen LogP contribution in [0.4, 0.5) is 0 Å². The molecular weight excluding hydrogens is 288 g/mol. The van der Waals surface area contributed by atoms with Gasteiger partial charge in [0.1, 0.15) is 4.88 Å². The van der Waals surface area contributed by atoms with E-state index < -0.39 is 0 Å². The van der Waals surface area contributed by atoms with Gasteiger partial charge in [-0.1, -0.05) is 13.8 Å². The van der Waals surface area contributed by atoms with Gasteiger partial charge in [-0.2, -0.15) is 0 Å². The molecule has 1 N–H and O–H groups in total. The Bertz CT molecular complexity index is 483. The minimum Gasteiger partial charge on any atom is -0.469 e. The third-order valence-electron chi connectivity index (χ3n) is 2.95. The molecule has 5 nitrogen and oxygen atoms in total. The highest BCUT2D eigenvalue weighted by Crippen LogP contribution is 2.20. The van der Waals surface area contributed by atoms with E-state index in [0.717, 1.165) is 23.5 Å². The molecule has 1 rings (SSSR count). The molecule has 21 heavy (non-hydrogen) atoms. The van der Waals surface area contributed by atoms with Gasteiger partial charge >= 0.3 is 5.97 Å². The number of hydrogen-bond donors (Lipinski definition) is 1. The summed E-state index contributed by atoms with van der Waals surface area (Å²) in [5.41, 5.74) is 0.794. The van der Waals surface area contributed by atoms with Gasteiger partial charge < -0.3 is 10.1 Å². The molecule has 0 atom stereocenters. The molecule has 0 aliphatic heterocycles. The van der Waals surface area contributed by atoms with Crippen LogP contribution < -0.4 is 5.32 Å². The fourth-order valence-corrected chi connectivity index (χ4v) is 3.07. The molecule has 1 aromatic rings. The van der Waals surface area contributed by atoms with Gasteiger partial charge in [-0.3, -0.25) is 9.59 Å². The summed E-state index contributed by atoms with van der Waals surface area (Å²) in [6, 6.07) is 0. The van der Waals surface area contributed by atoms with E-state index in [1.807, 2.05) is 6.92 Å². The molecule has 0 aromatic carbocycles. The summed E-state index contributed by atoms with van der Waals surface area (Å²) in [5, 5.41) is 3.89. The van der Waals surface area contributed by atoms with E-state index in [-0.39, 0.29) is 11.9 Å². The van der Waals surface area contributed by atoms with E-state index in [1.165, 1.54) is 18.4 Å². The predicted octanol–water partition coefficient (Wildman–Crippen LogP) is 2.72. The Labute approximate surface area is 130 Å². The molecular formula is C15H24N2O3S. The highest BCUT2D eigenvalue weighted by Gasteiger charge is 2.15. The summed E-state index contributed by atoms with van der Waals surface area (Å²) in [7, 11) is 1.38. The highest BCUT2D eigenvalue weighted by atomic mass is 32.1. The van der Waals surface area contributed by atoms with Crippen molar-refractivity contribution in [1.82, 2.24) is 10.3 Å². The van der Waals surface area contributed by atoms with Crippen molar-refractivity contribution >= 4 is 23.2 Å². The number of methoxy groups -OCH3 is 1. The topological polar surface area (TPSA) is 68.3 Å². The maximum atomic E-state index is 12.1. The van der Waals surface area contributed by atoms with Crippen molar-refractivity contribution in [3.05, 3.63) is 15.6 Å². The van der Waals surface area contributed by atoms with Crippen molar-refractivity contribution in [3.63, 3.8) is 0 Å². The SMILES string of the molecule is COC(=O)CCCCNC(=O)c1sc(CC(C)C)nc1C. The number of nitrogens with one attached hydrogen (secondary N) is 1. The molecule has 1 heterocycles. The van der Waals surface area contributed by atoms with E-state index in [9.17, 15) is 9.59 Å². The van der Waals surface area contributed by atoms with Crippen LogP contribution in [-0.4, -0.2) is 30.5 Å². The maximum absolute atomic E-state index is 12.1. The number of esters is 1. The molecule has 0 saturated heterocycles. The molecule has 1 aromatic heterocycles. The molecule has 6 heteroatoms. The van der Waals surface area contributed by atoms with Crippen LogP contribution in [-0.2, 0) is 16.0 Å². The largest absolute Gasteiger partial charge is 0.469 e. The summed E-state index contributed by atoms with van der Waals surface area (Å²) in [4.78, 5) is 28.2. The molecule has 0 saturated carbocycles. The smallest absolute Gasteiger partial charge is 0.305 e. The molecule has 0 radical (unpaired) electrons. The standard InChI is InChI=1S/C15H24N2O3S/c1-10(2)9-12-17-11(3)14(21-12)15(19)16-8-6-5-7-13(18)20-4/h10H,5-9H2,1-4H3,(H,16,19). The lowest BCUT2D eigenvalue weighted by Gasteiger charge is -2.03. The Kier molecular flexibility index (Phi) is 7.36. The average molecular weight is 312 g/mol.